The van der Waals surface area contributed by atoms with Crippen LogP contribution in [-0.4, -0.2) is 105 Å². The van der Waals surface area contributed by atoms with Crippen LogP contribution in [0.25, 0.3) is 0 Å². The van der Waals surface area contributed by atoms with Crippen molar-refractivity contribution in [3.05, 3.63) is 23.5 Å². The minimum absolute atomic E-state index is 0.00479. The van der Waals surface area contributed by atoms with Crippen LogP contribution in [0.1, 0.15) is 92.5 Å². The van der Waals surface area contributed by atoms with E-state index in [4.69, 9.17) is 18.5 Å². The Morgan fingerprint density at radius 1 is 0.725 bits per heavy atom. The van der Waals surface area contributed by atoms with E-state index in [-0.39, 0.29) is 17.2 Å². The van der Waals surface area contributed by atoms with Crippen LogP contribution in [0.4, 0.5) is 11.8 Å². The molecule has 18 heteroatoms. The molecule has 2 amide bonds. The molecule has 2 aliphatic heterocycles. The molecule has 0 saturated carbocycles. The number of anilines is 2. The molecule has 0 spiro atoms. The van der Waals surface area contributed by atoms with Gasteiger partial charge in [-0.3, -0.25) is 20.2 Å². The molecule has 4 heterocycles. The first-order valence-electron chi connectivity index (χ1n) is 16.8. The third-order valence-electron chi connectivity index (χ3n) is 9.49. The molecule has 0 radical (unpaired) electrons. The Morgan fingerprint density at radius 3 is 1.47 bits per heavy atom. The van der Waals surface area contributed by atoms with E-state index in [2.05, 4.69) is 26.3 Å². The fourth-order valence-electron chi connectivity index (χ4n) is 5.47. The lowest BCUT2D eigenvalue weighted by molar-refractivity contribution is -0.118. The smallest absolute Gasteiger partial charge is 0.247 e. The van der Waals surface area contributed by atoms with Crippen LogP contribution in [0.3, 0.4) is 0 Å². The third kappa shape index (κ3) is 9.43. The third-order valence-corrected chi connectivity index (χ3v) is 15.4. The van der Waals surface area contributed by atoms with Gasteiger partial charge in [-0.15, -0.1) is 0 Å². The number of hydrogen-bond donors (Lipinski definition) is 3. The molecular formula is C33H53N5O11S2. The first kappa shape index (κ1) is 42.2. The second-order valence-corrected chi connectivity index (χ2v) is 20.6. The van der Waals surface area contributed by atoms with Crippen LogP contribution in [0.2, 0.25) is 0 Å². The highest BCUT2D eigenvalue weighted by Gasteiger charge is 2.48. The number of aldehydes is 1. The zero-order valence-corrected chi connectivity index (χ0v) is 32.6. The van der Waals surface area contributed by atoms with Gasteiger partial charge >= 0.3 is 0 Å². The molecule has 2 aromatic heterocycles. The zero-order valence-electron chi connectivity index (χ0n) is 31.0. The van der Waals surface area contributed by atoms with Gasteiger partial charge in [0.25, 0.3) is 0 Å². The molecule has 0 aliphatic carbocycles. The number of amides is 2. The maximum absolute atomic E-state index is 12.9. The van der Waals surface area contributed by atoms with Gasteiger partial charge in [-0.1, -0.05) is 24.2 Å². The highest BCUT2D eigenvalue weighted by atomic mass is 32.2. The summed E-state index contributed by atoms with van der Waals surface area (Å²) in [5, 5.41) is 14.7. The number of carbonyl (C=O) groups excluding carboxylic acids is 3. The van der Waals surface area contributed by atoms with Crippen LogP contribution in [0.15, 0.2) is 21.2 Å². The summed E-state index contributed by atoms with van der Waals surface area (Å²) >= 11 is 0. The van der Waals surface area contributed by atoms with Gasteiger partial charge in [0.2, 0.25) is 23.6 Å². The van der Waals surface area contributed by atoms with E-state index >= 15 is 0 Å². The normalized spacial score (nSPS) is 17.3. The maximum Gasteiger partial charge on any atom is 0.247 e. The Kier molecular flexibility index (Phi) is 13.4. The van der Waals surface area contributed by atoms with Crippen LogP contribution in [-0.2, 0) is 54.4 Å². The molecule has 2 saturated heterocycles. The lowest BCUT2D eigenvalue weighted by Crippen LogP contribution is -2.50. The Labute approximate surface area is 300 Å². The number of nitrogens with zero attached hydrogens (tertiary/aromatic N) is 2. The zero-order chi connectivity index (χ0) is 38.5. The topological polar surface area (TPSA) is 226 Å². The minimum Gasteiger partial charge on any atom is -0.381 e. The Bertz CT molecular complexity index is 1730. The summed E-state index contributed by atoms with van der Waals surface area (Å²) < 4.78 is 68.9. The Hall–Kier alpha value is -3.19. The second-order valence-electron chi connectivity index (χ2n) is 15.0. The fourth-order valence-corrected chi connectivity index (χ4v) is 9.38. The molecule has 0 aromatic carbocycles. The SMILES string of the molecule is CC(C)(C=O)c1cc(NC(=O)C(C)(C)S(=O)(=O)C2CCOCC2)on1.CNCC(C)(C)c1cc(NC(=O)C(C)(C)S(=O)(=O)C2CCOCC2)on1. The first-order valence-corrected chi connectivity index (χ1v) is 19.9. The van der Waals surface area contributed by atoms with E-state index < -0.39 is 56.9 Å². The average Bonchev–Trinajstić information content (AvgIpc) is 3.76. The van der Waals surface area contributed by atoms with Crippen molar-refractivity contribution in [2.24, 2.45) is 0 Å². The fraction of sp³-hybridized carbons (Fsp3) is 0.727. The predicted octanol–water partition coefficient (Wildman–Crippen LogP) is 2.94. The van der Waals surface area contributed by atoms with E-state index in [1.807, 2.05) is 20.9 Å². The van der Waals surface area contributed by atoms with Gasteiger partial charge in [-0.05, 0) is 74.3 Å². The lowest BCUT2D eigenvalue weighted by atomic mass is 9.89. The van der Waals surface area contributed by atoms with Crippen molar-refractivity contribution < 1.29 is 49.7 Å². The highest BCUT2D eigenvalue weighted by Crippen LogP contribution is 2.31. The van der Waals surface area contributed by atoms with Crippen molar-refractivity contribution in [2.45, 2.75) is 112 Å². The van der Waals surface area contributed by atoms with Gasteiger partial charge in [-0.2, -0.15) is 0 Å². The van der Waals surface area contributed by atoms with Crippen molar-refractivity contribution >= 4 is 49.5 Å². The summed E-state index contributed by atoms with van der Waals surface area (Å²) in [5.74, 6) is -1.18. The first-order chi connectivity index (χ1) is 23.5. The van der Waals surface area contributed by atoms with Gasteiger partial charge in [0.05, 0.1) is 27.3 Å². The van der Waals surface area contributed by atoms with E-state index in [0.29, 0.717) is 70.0 Å². The van der Waals surface area contributed by atoms with Gasteiger partial charge in [0.15, 0.2) is 19.7 Å². The molecule has 2 aliphatic rings. The van der Waals surface area contributed by atoms with Crippen LogP contribution >= 0.6 is 0 Å². The maximum atomic E-state index is 12.9. The Balaban J connectivity index is 0.000000276. The van der Waals surface area contributed by atoms with E-state index in [1.54, 1.807) is 19.9 Å². The quantitative estimate of drug-likeness (QED) is 0.250. The van der Waals surface area contributed by atoms with Crippen molar-refractivity contribution in [3.8, 4) is 0 Å². The summed E-state index contributed by atoms with van der Waals surface area (Å²) in [4.78, 5) is 36.3. The van der Waals surface area contributed by atoms with Crippen molar-refractivity contribution in [1.29, 1.82) is 0 Å². The monoisotopic (exact) mass is 759 g/mol. The van der Waals surface area contributed by atoms with Crippen molar-refractivity contribution in [1.82, 2.24) is 15.6 Å². The van der Waals surface area contributed by atoms with Crippen LogP contribution in [0.5, 0.6) is 0 Å². The average molecular weight is 760 g/mol. The van der Waals surface area contributed by atoms with E-state index in [0.717, 1.165) is 6.29 Å². The van der Waals surface area contributed by atoms with Gasteiger partial charge in [0.1, 0.15) is 15.8 Å². The summed E-state index contributed by atoms with van der Waals surface area (Å²) in [6.07, 6.45) is 2.28. The van der Waals surface area contributed by atoms with Crippen LogP contribution in [0, 0.1) is 0 Å². The number of hydrogen-bond acceptors (Lipinski definition) is 14. The molecule has 2 fully saturated rings. The number of carbonyl (C=O) groups is 3. The molecule has 51 heavy (non-hydrogen) atoms. The number of sulfone groups is 2. The summed E-state index contributed by atoms with van der Waals surface area (Å²) in [5.41, 5.74) is -0.128. The number of ether oxygens (including phenoxy) is 2. The molecule has 16 nitrogen and oxygen atoms in total. The van der Waals surface area contributed by atoms with Crippen molar-refractivity contribution in [2.75, 3.05) is 50.7 Å². The molecule has 4 rings (SSSR count). The van der Waals surface area contributed by atoms with E-state index in [1.165, 1.54) is 33.8 Å². The molecular weight excluding hydrogens is 707 g/mol. The molecule has 3 N–H and O–H groups in total. The summed E-state index contributed by atoms with van der Waals surface area (Å²) in [6, 6.07) is 3.05. The number of nitrogens with one attached hydrogen (secondary N) is 3. The minimum atomic E-state index is -3.72. The Morgan fingerprint density at radius 2 is 1.10 bits per heavy atom. The number of aromatic nitrogens is 2. The largest absolute Gasteiger partial charge is 0.381 e. The summed E-state index contributed by atoms with van der Waals surface area (Å²) in [7, 11) is -5.55. The standard InChI is InChI=1S/C17H29N3O5S.C16H24N2O6S/c1-16(2,11-18-5)13-10-14(25-20-13)19-15(21)17(3,4)26(22,23)12-6-8-24-9-7-12;1-15(2,10-19)12-9-13(24-18-12)17-14(20)16(3,4)25(21,22)11-5-7-23-8-6-11/h10,12,18H,6-9,11H2,1-5H3,(H,19,21);9-11H,5-8H2,1-4H3,(H,17,20). The molecule has 0 unspecified atom stereocenters. The number of rotatable bonds is 13. The van der Waals surface area contributed by atoms with Gasteiger partial charge in [0, 0.05) is 50.5 Å². The predicted molar refractivity (Wildman–Crippen MR) is 190 cm³/mol. The van der Waals surface area contributed by atoms with E-state index in [9.17, 15) is 31.2 Å². The number of likely N-dealkylation sites (N-methyl/N-ethyl adjacent to an activating group) is 1. The van der Waals surface area contributed by atoms with Gasteiger partial charge in [-0.25, -0.2) is 16.8 Å². The highest BCUT2D eigenvalue weighted by molar-refractivity contribution is 7.94. The van der Waals surface area contributed by atoms with Crippen LogP contribution < -0.4 is 16.0 Å². The molecule has 0 bridgehead atoms. The molecule has 0 atom stereocenters. The second kappa shape index (κ2) is 16.2. The molecule has 2 aromatic rings. The summed E-state index contributed by atoms with van der Waals surface area (Å²) in [6.45, 7) is 15.1. The van der Waals surface area contributed by atoms with Gasteiger partial charge < -0.3 is 28.6 Å². The molecule has 288 valence electrons. The van der Waals surface area contributed by atoms with Crippen molar-refractivity contribution in [3.63, 3.8) is 0 Å². The lowest BCUT2D eigenvalue weighted by Gasteiger charge is -2.30.